The summed E-state index contributed by atoms with van der Waals surface area (Å²) in [6.07, 6.45) is 0.316. The second-order valence-electron chi connectivity index (χ2n) is 4.97. The Labute approximate surface area is 102 Å². The van der Waals surface area contributed by atoms with Crippen LogP contribution in [0.3, 0.4) is 0 Å². The van der Waals surface area contributed by atoms with Crippen LogP contribution in [0.15, 0.2) is 30.3 Å². The van der Waals surface area contributed by atoms with Crippen LogP contribution >= 0.6 is 0 Å². The molecule has 3 heteroatoms. The molecule has 1 aromatic rings. The number of para-hydroxylation sites is 1. The Balaban J connectivity index is 3.15. The van der Waals surface area contributed by atoms with Crippen molar-refractivity contribution in [1.82, 2.24) is 0 Å². The highest BCUT2D eigenvalue weighted by molar-refractivity contribution is 6.16. The van der Waals surface area contributed by atoms with Crippen molar-refractivity contribution in [2.45, 2.75) is 34.1 Å². The zero-order chi connectivity index (χ0) is 13.1. The first kappa shape index (κ1) is 13.4. The van der Waals surface area contributed by atoms with Gasteiger partial charge >= 0.3 is 0 Å². The molecule has 0 aliphatic heterocycles. The summed E-state index contributed by atoms with van der Waals surface area (Å²) in [7, 11) is 0. The predicted molar refractivity (Wildman–Crippen MR) is 68.7 cm³/mol. The summed E-state index contributed by atoms with van der Waals surface area (Å²) in [6.45, 7) is 7.20. The summed E-state index contributed by atoms with van der Waals surface area (Å²) < 4.78 is 0. The van der Waals surface area contributed by atoms with Crippen LogP contribution in [0, 0.1) is 5.41 Å². The zero-order valence-corrected chi connectivity index (χ0v) is 10.9. The lowest BCUT2D eigenvalue weighted by atomic mass is 9.94. The molecular weight excluding hydrogens is 214 g/mol. The quantitative estimate of drug-likeness (QED) is 0.787. The van der Waals surface area contributed by atoms with E-state index in [4.69, 9.17) is 0 Å². The molecule has 0 fully saturated rings. The number of hydrogen-bond acceptors (Lipinski definition) is 2. The van der Waals surface area contributed by atoms with E-state index in [0.29, 0.717) is 12.1 Å². The van der Waals surface area contributed by atoms with Crippen molar-refractivity contribution in [3.63, 3.8) is 0 Å². The number of amides is 2. The van der Waals surface area contributed by atoms with Gasteiger partial charge < -0.3 is 0 Å². The number of carbonyl (C=O) groups excluding carboxylic acids is 2. The van der Waals surface area contributed by atoms with E-state index >= 15 is 0 Å². The molecule has 0 N–H and O–H groups in total. The third kappa shape index (κ3) is 3.16. The van der Waals surface area contributed by atoms with Gasteiger partial charge in [-0.15, -0.1) is 0 Å². The number of anilines is 1. The van der Waals surface area contributed by atoms with E-state index in [2.05, 4.69) is 0 Å². The van der Waals surface area contributed by atoms with Crippen LogP contribution in [0.5, 0.6) is 0 Å². The van der Waals surface area contributed by atoms with Crippen LogP contribution < -0.4 is 4.90 Å². The Morgan fingerprint density at radius 2 is 1.65 bits per heavy atom. The van der Waals surface area contributed by atoms with Gasteiger partial charge in [0.1, 0.15) is 0 Å². The van der Waals surface area contributed by atoms with Gasteiger partial charge in [0.15, 0.2) is 0 Å². The number of carbonyl (C=O) groups is 2. The summed E-state index contributed by atoms with van der Waals surface area (Å²) in [5.74, 6) is -0.341. The maximum atomic E-state index is 12.3. The second-order valence-corrected chi connectivity index (χ2v) is 4.97. The molecule has 0 aromatic heterocycles. The van der Waals surface area contributed by atoms with Gasteiger partial charge in [-0.25, -0.2) is 0 Å². The van der Waals surface area contributed by atoms with Crippen LogP contribution in [-0.2, 0) is 9.59 Å². The molecule has 0 saturated heterocycles. The van der Waals surface area contributed by atoms with E-state index in [-0.39, 0.29) is 11.8 Å². The van der Waals surface area contributed by atoms with E-state index in [1.807, 2.05) is 39.0 Å². The molecule has 1 aromatic carbocycles. The van der Waals surface area contributed by atoms with Crippen LogP contribution in [0.1, 0.15) is 34.1 Å². The van der Waals surface area contributed by atoms with Gasteiger partial charge in [0.05, 0.1) is 5.69 Å². The first-order valence-corrected chi connectivity index (χ1v) is 5.80. The molecular formula is C14H19NO2. The lowest BCUT2D eigenvalue weighted by Crippen LogP contribution is -2.43. The van der Waals surface area contributed by atoms with Crippen molar-refractivity contribution >= 4 is 17.5 Å². The summed E-state index contributed by atoms with van der Waals surface area (Å²) in [5, 5.41) is 0. The van der Waals surface area contributed by atoms with Crippen molar-refractivity contribution in [2.75, 3.05) is 4.90 Å². The minimum absolute atomic E-state index is 0.170. The molecule has 1 rings (SSSR count). The number of hydrogen-bond donors (Lipinski definition) is 0. The molecule has 0 unspecified atom stereocenters. The smallest absolute Gasteiger partial charge is 0.239 e. The lowest BCUT2D eigenvalue weighted by Gasteiger charge is -2.27. The molecule has 0 spiro atoms. The SMILES string of the molecule is CCC(=O)N(C(=O)C(C)(C)C)c1ccccc1. The van der Waals surface area contributed by atoms with Crippen LogP contribution in [-0.4, -0.2) is 11.8 Å². The Bertz CT molecular complexity index is 404. The average molecular weight is 233 g/mol. The Morgan fingerprint density at radius 3 is 2.06 bits per heavy atom. The molecule has 0 aliphatic carbocycles. The maximum absolute atomic E-state index is 12.3. The molecule has 17 heavy (non-hydrogen) atoms. The number of rotatable bonds is 2. The fourth-order valence-electron chi connectivity index (χ4n) is 1.45. The highest BCUT2D eigenvalue weighted by Gasteiger charge is 2.31. The predicted octanol–water partition coefficient (Wildman–Crippen LogP) is 3.00. The summed E-state index contributed by atoms with van der Waals surface area (Å²) in [4.78, 5) is 25.5. The standard InChI is InChI=1S/C14H19NO2/c1-5-12(16)15(13(17)14(2,3)4)11-9-7-6-8-10-11/h6-10H,5H2,1-4H3. The molecule has 3 nitrogen and oxygen atoms in total. The fourth-order valence-corrected chi connectivity index (χ4v) is 1.45. The largest absolute Gasteiger partial charge is 0.274 e. The zero-order valence-electron chi connectivity index (χ0n) is 10.9. The molecule has 0 atom stereocenters. The van der Waals surface area contributed by atoms with Gasteiger partial charge in [0, 0.05) is 11.8 Å². The maximum Gasteiger partial charge on any atom is 0.239 e. The van der Waals surface area contributed by atoms with Crippen molar-refractivity contribution in [2.24, 2.45) is 5.41 Å². The molecule has 0 aliphatic rings. The van der Waals surface area contributed by atoms with Crippen LogP contribution in [0.4, 0.5) is 5.69 Å². The summed E-state index contributed by atoms with van der Waals surface area (Å²) >= 11 is 0. The molecule has 0 heterocycles. The summed E-state index contributed by atoms with van der Waals surface area (Å²) in [6, 6.07) is 9.05. The molecule has 2 amide bonds. The van der Waals surface area contributed by atoms with Crippen molar-refractivity contribution in [3.05, 3.63) is 30.3 Å². The Hall–Kier alpha value is -1.64. The van der Waals surface area contributed by atoms with Crippen molar-refractivity contribution in [1.29, 1.82) is 0 Å². The first-order chi connectivity index (χ1) is 7.88. The van der Waals surface area contributed by atoms with Crippen molar-refractivity contribution in [3.8, 4) is 0 Å². The van der Waals surface area contributed by atoms with Gasteiger partial charge in [-0.1, -0.05) is 45.9 Å². The minimum atomic E-state index is -0.569. The topological polar surface area (TPSA) is 37.4 Å². The van der Waals surface area contributed by atoms with E-state index in [1.54, 1.807) is 19.1 Å². The van der Waals surface area contributed by atoms with E-state index in [9.17, 15) is 9.59 Å². The third-order valence-electron chi connectivity index (χ3n) is 2.41. The summed E-state index contributed by atoms with van der Waals surface area (Å²) in [5.41, 5.74) is 0.0694. The lowest BCUT2D eigenvalue weighted by molar-refractivity contribution is -0.131. The molecule has 0 saturated carbocycles. The van der Waals surface area contributed by atoms with E-state index < -0.39 is 5.41 Å². The van der Waals surface area contributed by atoms with E-state index in [1.165, 1.54) is 4.90 Å². The normalized spacial score (nSPS) is 11.1. The Kier molecular flexibility index (Phi) is 4.05. The van der Waals surface area contributed by atoms with Crippen molar-refractivity contribution < 1.29 is 9.59 Å². The Morgan fingerprint density at radius 1 is 1.12 bits per heavy atom. The van der Waals surface area contributed by atoms with Crippen LogP contribution in [0.2, 0.25) is 0 Å². The first-order valence-electron chi connectivity index (χ1n) is 5.80. The molecule has 0 bridgehead atoms. The number of nitrogens with zero attached hydrogens (tertiary/aromatic N) is 1. The third-order valence-corrected chi connectivity index (χ3v) is 2.41. The van der Waals surface area contributed by atoms with Gasteiger partial charge in [-0.05, 0) is 12.1 Å². The molecule has 92 valence electrons. The highest BCUT2D eigenvalue weighted by Crippen LogP contribution is 2.23. The fraction of sp³-hybridized carbons (Fsp3) is 0.429. The van der Waals surface area contributed by atoms with Gasteiger partial charge in [-0.3, -0.25) is 14.5 Å². The minimum Gasteiger partial charge on any atom is -0.274 e. The van der Waals surface area contributed by atoms with Gasteiger partial charge in [0.2, 0.25) is 11.8 Å². The van der Waals surface area contributed by atoms with Gasteiger partial charge in [0.25, 0.3) is 0 Å². The number of benzene rings is 1. The average Bonchev–Trinajstić information content (AvgIpc) is 2.29. The van der Waals surface area contributed by atoms with E-state index in [0.717, 1.165) is 0 Å². The van der Waals surface area contributed by atoms with Crippen LogP contribution in [0.25, 0.3) is 0 Å². The second kappa shape index (κ2) is 5.13. The number of imide groups is 1. The molecule has 0 radical (unpaired) electrons. The highest BCUT2D eigenvalue weighted by atomic mass is 16.2. The van der Waals surface area contributed by atoms with Gasteiger partial charge in [-0.2, -0.15) is 0 Å². The monoisotopic (exact) mass is 233 g/mol.